The van der Waals surface area contributed by atoms with Crippen LogP contribution < -0.4 is 0 Å². The molecule has 0 amide bonds. The van der Waals surface area contributed by atoms with Crippen LogP contribution in [0.3, 0.4) is 0 Å². The van der Waals surface area contributed by atoms with Crippen molar-refractivity contribution in [2.75, 3.05) is 0 Å². The third-order valence-electron chi connectivity index (χ3n) is 3.70. The van der Waals surface area contributed by atoms with Crippen molar-refractivity contribution in [3.63, 3.8) is 0 Å². The number of benzene rings is 1. The van der Waals surface area contributed by atoms with Gasteiger partial charge in [-0.3, -0.25) is 0 Å². The smallest absolute Gasteiger partial charge is 0.0486 e. The van der Waals surface area contributed by atoms with E-state index in [-0.39, 0.29) is 0 Å². The van der Waals surface area contributed by atoms with Gasteiger partial charge in [0, 0.05) is 28.2 Å². The maximum atomic E-state index is 6.13. The molecule has 1 aromatic carbocycles. The van der Waals surface area contributed by atoms with E-state index in [1.807, 2.05) is 6.07 Å². The van der Waals surface area contributed by atoms with Crippen LogP contribution in [0.4, 0.5) is 0 Å². The van der Waals surface area contributed by atoms with Crippen LogP contribution in [0, 0.1) is 6.42 Å². The third-order valence-corrected chi connectivity index (χ3v) is 3.94. The Bertz CT molecular complexity index is 554. The van der Waals surface area contributed by atoms with Gasteiger partial charge in [-0.05, 0) is 55.9 Å². The number of hydrogen-bond donors (Lipinski definition) is 0. The maximum Gasteiger partial charge on any atom is 0.0486 e. The molecule has 1 aliphatic carbocycles. The van der Waals surface area contributed by atoms with Crippen molar-refractivity contribution in [2.24, 2.45) is 0 Å². The molecule has 0 spiro atoms. The second kappa shape index (κ2) is 4.38. The fourth-order valence-corrected chi connectivity index (χ4v) is 3.17. The highest BCUT2D eigenvalue weighted by atomic mass is 35.5. The molecule has 1 aliphatic rings. The Morgan fingerprint density at radius 3 is 2.94 bits per heavy atom. The van der Waals surface area contributed by atoms with Crippen LogP contribution in [0.1, 0.15) is 31.0 Å². The Labute approximate surface area is 107 Å². The molecule has 0 bridgehead atoms. The lowest BCUT2D eigenvalue weighted by molar-refractivity contribution is 0.634. The molecule has 3 rings (SSSR count). The van der Waals surface area contributed by atoms with E-state index in [1.165, 1.54) is 47.8 Å². The number of hydrogen-bond acceptors (Lipinski definition) is 0. The largest absolute Gasteiger partial charge is 0.344 e. The fraction of sp³-hybridized carbons (Fsp3) is 0.400. The monoisotopic (exact) mass is 246 g/mol. The molecule has 0 N–H and O–H groups in total. The molecule has 1 nitrogen and oxygen atoms in total. The van der Waals surface area contributed by atoms with E-state index in [0.29, 0.717) is 0 Å². The van der Waals surface area contributed by atoms with Crippen molar-refractivity contribution in [3.8, 4) is 0 Å². The van der Waals surface area contributed by atoms with E-state index in [4.69, 9.17) is 11.6 Å². The summed E-state index contributed by atoms with van der Waals surface area (Å²) in [6.07, 6.45) is 7.29. The highest BCUT2D eigenvalue weighted by Gasteiger charge is 2.19. The second-order valence-electron chi connectivity index (χ2n) is 4.81. The van der Waals surface area contributed by atoms with Crippen LogP contribution in [0.25, 0.3) is 10.9 Å². The predicted molar refractivity (Wildman–Crippen MR) is 73.6 cm³/mol. The van der Waals surface area contributed by atoms with Gasteiger partial charge in [0.2, 0.25) is 0 Å². The summed E-state index contributed by atoms with van der Waals surface area (Å²) in [6, 6.07) is 6.30. The molecule has 0 aliphatic heterocycles. The molecule has 17 heavy (non-hydrogen) atoms. The van der Waals surface area contributed by atoms with Crippen molar-refractivity contribution in [3.05, 3.63) is 40.9 Å². The summed E-state index contributed by atoms with van der Waals surface area (Å²) >= 11 is 6.13. The summed E-state index contributed by atoms with van der Waals surface area (Å²) in [7, 11) is 0. The van der Waals surface area contributed by atoms with Crippen molar-refractivity contribution >= 4 is 22.5 Å². The van der Waals surface area contributed by atoms with E-state index >= 15 is 0 Å². The molecule has 0 saturated carbocycles. The molecule has 0 saturated heterocycles. The van der Waals surface area contributed by atoms with E-state index < -0.39 is 0 Å². The van der Waals surface area contributed by atoms with Crippen LogP contribution in [0.5, 0.6) is 0 Å². The lowest BCUT2D eigenvalue weighted by atomic mass is 9.95. The molecule has 0 unspecified atom stereocenters. The van der Waals surface area contributed by atoms with Gasteiger partial charge in [-0.2, -0.15) is 0 Å². The molecule has 89 valence electrons. The third kappa shape index (κ3) is 1.77. The maximum absolute atomic E-state index is 6.13. The molecule has 0 atom stereocenters. The van der Waals surface area contributed by atoms with Crippen LogP contribution in [-0.4, -0.2) is 4.57 Å². The Kier molecular flexibility index (Phi) is 2.87. The van der Waals surface area contributed by atoms with E-state index in [9.17, 15) is 0 Å². The normalized spacial score (nSPS) is 15.2. The molecule has 0 fully saturated rings. The molecule has 2 heteroatoms. The van der Waals surface area contributed by atoms with Gasteiger partial charge >= 0.3 is 0 Å². The van der Waals surface area contributed by atoms with Crippen molar-refractivity contribution in [1.82, 2.24) is 4.57 Å². The Morgan fingerprint density at radius 2 is 2.12 bits per heavy atom. The van der Waals surface area contributed by atoms with Gasteiger partial charge in [0.15, 0.2) is 0 Å². The highest BCUT2D eigenvalue weighted by molar-refractivity contribution is 6.31. The molecule has 1 radical (unpaired) electrons. The summed E-state index contributed by atoms with van der Waals surface area (Å²) in [6.45, 7) is 3.13. The predicted octanol–water partition coefficient (Wildman–Crippen LogP) is 4.40. The van der Waals surface area contributed by atoms with Crippen molar-refractivity contribution < 1.29 is 0 Å². The van der Waals surface area contributed by atoms with Gasteiger partial charge in [-0.15, -0.1) is 0 Å². The Morgan fingerprint density at radius 1 is 1.29 bits per heavy atom. The minimum absolute atomic E-state index is 0.850. The van der Waals surface area contributed by atoms with Crippen molar-refractivity contribution in [1.29, 1.82) is 0 Å². The lowest BCUT2D eigenvalue weighted by Gasteiger charge is -2.15. The van der Waals surface area contributed by atoms with Gasteiger partial charge in [-0.1, -0.05) is 18.5 Å². The quantitative estimate of drug-likeness (QED) is 0.740. The standard InChI is InChI=1S/C15H17ClN/c1-2-9-17-14-6-4-3-5-12(14)13-10-11(16)7-8-15(13)17/h2,7-8,10H,3-6,9H2,1H3. The van der Waals surface area contributed by atoms with Gasteiger partial charge < -0.3 is 4.57 Å². The summed E-state index contributed by atoms with van der Waals surface area (Å²) in [4.78, 5) is 0. The van der Waals surface area contributed by atoms with Crippen LogP contribution >= 0.6 is 11.6 Å². The zero-order chi connectivity index (χ0) is 11.8. The SMILES string of the molecule is C[CH]Cn1c2c(c3cc(Cl)ccc31)CCCC2. The average Bonchev–Trinajstić information content (AvgIpc) is 2.65. The summed E-state index contributed by atoms with van der Waals surface area (Å²) in [5, 5.41) is 2.22. The summed E-state index contributed by atoms with van der Waals surface area (Å²) in [5.74, 6) is 0. The molecular weight excluding hydrogens is 230 g/mol. The Balaban J connectivity index is 2.29. The van der Waals surface area contributed by atoms with Gasteiger partial charge in [0.25, 0.3) is 0 Å². The van der Waals surface area contributed by atoms with Crippen molar-refractivity contribution in [2.45, 2.75) is 39.2 Å². The fourth-order valence-electron chi connectivity index (χ4n) is 3.00. The topological polar surface area (TPSA) is 4.93 Å². The van der Waals surface area contributed by atoms with E-state index in [2.05, 4.69) is 30.0 Å². The van der Waals surface area contributed by atoms with E-state index in [0.717, 1.165) is 11.6 Å². The molecule has 1 aromatic heterocycles. The average molecular weight is 247 g/mol. The van der Waals surface area contributed by atoms with Crippen LogP contribution in [-0.2, 0) is 19.4 Å². The zero-order valence-corrected chi connectivity index (χ0v) is 10.9. The lowest BCUT2D eigenvalue weighted by Crippen LogP contribution is -2.08. The minimum Gasteiger partial charge on any atom is -0.344 e. The first-order valence-corrected chi connectivity index (χ1v) is 6.76. The van der Waals surface area contributed by atoms with Gasteiger partial charge in [0.05, 0.1) is 0 Å². The first-order chi connectivity index (χ1) is 8.31. The minimum atomic E-state index is 0.850. The van der Waals surface area contributed by atoms with E-state index in [1.54, 1.807) is 0 Å². The Hall–Kier alpha value is -0.950. The number of halogens is 1. The zero-order valence-electron chi connectivity index (χ0n) is 10.2. The highest BCUT2D eigenvalue weighted by Crippen LogP contribution is 2.33. The number of aromatic nitrogens is 1. The van der Waals surface area contributed by atoms with Crippen LogP contribution in [0.2, 0.25) is 5.02 Å². The van der Waals surface area contributed by atoms with Crippen LogP contribution in [0.15, 0.2) is 18.2 Å². The number of rotatable bonds is 2. The molecule has 1 heterocycles. The van der Waals surface area contributed by atoms with Gasteiger partial charge in [0.1, 0.15) is 0 Å². The molecule has 2 aromatic rings. The molecular formula is C15H17ClN. The first kappa shape index (κ1) is 11.2. The summed E-state index contributed by atoms with van der Waals surface area (Å²) < 4.78 is 2.46. The number of fused-ring (bicyclic) bond motifs is 3. The number of nitrogens with zero attached hydrogens (tertiary/aromatic N) is 1. The van der Waals surface area contributed by atoms with Gasteiger partial charge in [-0.25, -0.2) is 0 Å². The second-order valence-corrected chi connectivity index (χ2v) is 5.25. The summed E-state index contributed by atoms with van der Waals surface area (Å²) in [5.41, 5.74) is 4.42. The first-order valence-electron chi connectivity index (χ1n) is 6.38. The number of aryl methyl sites for hydroxylation is 1.